The lowest BCUT2D eigenvalue weighted by molar-refractivity contribution is -0.137. The molecule has 0 bridgehead atoms. The van der Waals surface area contributed by atoms with Crippen LogP contribution in [0.5, 0.6) is 5.75 Å². The second-order valence-corrected chi connectivity index (χ2v) is 9.80. The highest BCUT2D eigenvalue weighted by Crippen LogP contribution is 2.75. The first-order valence-corrected chi connectivity index (χ1v) is 11.0. The molecule has 3 aliphatic heterocycles. The topological polar surface area (TPSA) is 69.4 Å². The molecule has 1 aromatic carbocycles. The standard InChI is InChI=1S/C24H19F3N4O3/c1-13-7-29(12-28-13)16-3-4-17-21(33)31-10-22-9-23(22,19(31)8-30(17)20(16)32)11-34-18-5-2-14(6-15(18)22)24(25,26)27/h2-7,12,19H,8-11H2,1H3/t19?,22-,23-/m0/s1. The largest absolute Gasteiger partial charge is 0.493 e. The molecule has 10 heteroatoms. The summed E-state index contributed by atoms with van der Waals surface area (Å²) in [4.78, 5) is 32.8. The van der Waals surface area contributed by atoms with E-state index in [1.54, 1.807) is 34.1 Å². The van der Waals surface area contributed by atoms with Gasteiger partial charge in [-0.05, 0) is 43.7 Å². The van der Waals surface area contributed by atoms with Crippen molar-refractivity contribution in [1.29, 1.82) is 0 Å². The fraction of sp³-hybridized carbons (Fsp3) is 0.375. The van der Waals surface area contributed by atoms with E-state index >= 15 is 0 Å². The number of ether oxygens (including phenoxy) is 1. The van der Waals surface area contributed by atoms with Crippen LogP contribution in [-0.2, 0) is 18.1 Å². The van der Waals surface area contributed by atoms with Crippen molar-refractivity contribution in [2.75, 3.05) is 13.2 Å². The van der Waals surface area contributed by atoms with E-state index in [2.05, 4.69) is 4.98 Å². The Labute approximate surface area is 191 Å². The number of fused-ring (bicyclic) bond motifs is 3. The van der Waals surface area contributed by atoms with Crippen LogP contribution in [0.2, 0.25) is 0 Å². The van der Waals surface area contributed by atoms with Gasteiger partial charge in [-0.15, -0.1) is 0 Å². The monoisotopic (exact) mass is 468 g/mol. The average molecular weight is 468 g/mol. The van der Waals surface area contributed by atoms with Crippen molar-refractivity contribution in [1.82, 2.24) is 19.0 Å². The molecule has 7 rings (SSSR count). The van der Waals surface area contributed by atoms with Crippen LogP contribution < -0.4 is 10.3 Å². The smallest absolute Gasteiger partial charge is 0.416 e. The van der Waals surface area contributed by atoms with E-state index in [1.807, 2.05) is 6.92 Å². The van der Waals surface area contributed by atoms with Crippen LogP contribution in [0.25, 0.3) is 5.69 Å². The molecule has 1 saturated carbocycles. The average Bonchev–Trinajstić information content (AvgIpc) is 3.14. The molecule has 0 radical (unpaired) electrons. The molecule has 2 fully saturated rings. The molecule has 4 aliphatic rings. The predicted molar refractivity (Wildman–Crippen MR) is 113 cm³/mol. The summed E-state index contributed by atoms with van der Waals surface area (Å²) in [5, 5.41) is 0. The third-order valence-corrected chi connectivity index (χ3v) is 8.19. The summed E-state index contributed by atoms with van der Waals surface area (Å²) in [5.74, 6) is 0.170. The number of pyridine rings is 1. The molecule has 1 amide bonds. The fourth-order valence-corrected chi connectivity index (χ4v) is 6.48. The Kier molecular flexibility index (Phi) is 3.46. The van der Waals surface area contributed by atoms with Crippen molar-refractivity contribution in [3.63, 3.8) is 0 Å². The number of aryl methyl sites for hydroxylation is 1. The van der Waals surface area contributed by atoms with Crippen molar-refractivity contribution in [3.8, 4) is 11.4 Å². The second kappa shape index (κ2) is 5.92. The molecule has 3 aromatic rings. The highest BCUT2D eigenvalue weighted by Gasteiger charge is 2.80. The lowest BCUT2D eigenvalue weighted by Gasteiger charge is -2.37. The molecule has 1 aliphatic carbocycles. The highest BCUT2D eigenvalue weighted by atomic mass is 19.4. The normalized spacial score (nSPS) is 28.4. The summed E-state index contributed by atoms with van der Waals surface area (Å²) in [5.41, 5.74) is -0.144. The van der Waals surface area contributed by atoms with E-state index < -0.39 is 22.6 Å². The molecule has 0 N–H and O–H groups in total. The Morgan fingerprint density at radius 1 is 1.18 bits per heavy atom. The summed E-state index contributed by atoms with van der Waals surface area (Å²) in [6, 6.07) is 6.52. The van der Waals surface area contributed by atoms with Crippen LogP contribution in [0.4, 0.5) is 13.2 Å². The summed E-state index contributed by atoms with van der Waals surface area (Å²) < 4.78 is 49.4. The van der Waals surface area contributed by atoms with Crippen LogP contribution in [0, 0.1) is 12.3 Å². The van der Waals surface area contributed by atoms with Crippen LogP contribution in [0.3, 0.4) is 0 Å². The van der Waals surface area contributed by atoms with Crippen molar-refractivity contribution in [2.45, 2.75) is 37.5 Å². The minimum Gasteiger partial charge on any atom is -0.493 e. The molecule has 1 saturated heterocycles. The van der Waals surface area contributed by atoms with Crippen LogP contribution >= 0.6 is 0 Å². The lowest BCUT2D eigenvalue weighted by Crippen LogP contribution is -2.52. The van der Waals surface area contributed by atoms with Gasteiger partial charge in [0.2, 0.25) is 0 Å². The number of hydrogen-bond donors (Lipinski definition) is 0. The van der Waals surface area contributed by atoms with Gasteiger partial charge in [0, 0.05) is 35.7 Å². The zero-order valence-corrected chi connectivity index (χ0v) is 18.1. The first-order chi connectivity index (χ1) is 16.1. The molecule has 0 spiro atoms. The first-order valence-electron chi connectivity index (χ1n) is 11.0. The Balaban J connectivity index is 1.33. The summed E-state index contributed by atoms with van der Waals surface area (Å²) in [7, 11) is 0. The van der Waals surface area contributed by atoms with Crippen molar-refractivity contribution >= 4 is 5.91 Å². The highest BCUT2D eigenvalue weighted by molar-refractivity contribution is 5.94. The molecule has 1 unspecified atom stereocenters. The third kappa shape index (κ3) is 2.26. The molecule has 5 heterocycles. The van der Waals surface area contributed by atoms with E-state index in [9.17, 15) is 22.8 Å². The van der Waals surface area contributed by atoms with Gasteiger partial charge in [-0.3, -0.25) is 9.59 Å². The molecular weight excluding hydrogens is 449 g/mol. The zero-order chi connectivity index (χ0) is 23.6. The van der Waals surface area contributed by atoms with Crippen molar-refractivity contribution in [3.05, 3.63) is 75.7 Å². The van der Waals surface area contributed by atoms with E-state index in [1.165, 1.54) is 16.7 Å². The van der Waals surface area contributed by atoms with Gasteiger partial charge in [-0.25, -0.2) is 4.98 Å². The van der Waals surface area contributed by atoms with Gasteiger partial charge >= 0.3 is 6.18 Å². The van der Waals surface area contributed by atoms with Gasteiger partial charge in [0.25, 0.3) is 11.5 Å². The summed E-state index contributed by atoms with van der Waals surface area (Å²) in [6.07, 6.45) is -0.535. The minimum atomic E-state index is -4.46. The number of alkyl halides is 3. The maximum absolute atomic E-state index is 13.5. The maximum Gasteiger partial charge on any atom is 0.416 e. The molecular formula is C24H19F3N4O3. The number of benzene rings is 1. The summed E-state index contributed by atoms with van der Waals surface area (Å²) in [6.45, 7) is 2.74. The Morgan fingerprint density at radius 2 is 2.00 bits per heavy atom. The number of carbonyl (C=O) groups is 1. The number of aromatic nitrogens is 3. The number of imidazole rings is 1. The second-order valence-electron chi connectivity index (χ2n) is 9.80. The number of piperidine rings is 1. The fourth-order valence-electron chi connectivity index (χ4n) is 6.48. The van der Waals surface area contributed by atoms with E-state index in [4.69, 9.17) is 4.74 Å². The zero-order valence-electron chi connectivity index (χ0n) is 18.1. The van der Waals surface area contributed by atoms with E-state index in [-0.39, 0.29) is 29.7 Å². The number of carbonyl (C=O) groups excluding carboxylic acids is 1. The minimum absolute atomic E-state index is 0.275. The van der Waals surface area contributed by atoms with Gasteiger partial charge in [0.1, 0.15) is 17.1 Å². The van der Waals surface area contributed by atoms with Crippen molar-refractivity contribution in [2.24, 2.45) is 5.41 Å². The first kappa shape index (κ1) is 19.9. The van der Waals surface area contributed by atoms with Gasteiger partial charge in [0.05, 0.1) is 30.2 Å². The van der Waals surface area contributed by atoms with Crippen LogP contribution in [0.1, 0.15) is 33.7 Å². The van der Waals surface area contributed by atoms with E-state index in [0.29, 0.717) is 36.6 Å². The molecule has 174 valence electrons. The predicted octanol–water partition coefficient (Wildman–Crippen LogP) is 2.92. The maximum atomic E-state index is 13.5. The molecule has 2 aromatic heterocycles. The lowest BCUT2D eigenvalue weighted by atomic mass is 9.82. The Morgan fingerprint density at radius 3 is 2.74 bits per heavy atom. The van der Waals surface area contributed by atoms with Crippen molar-refractivity contribution < 1.29 is 22.7 Å². The van der Waals surface area contributed by atoms with Gasteiger partial charge in [0.15, 0.2) is 0 Å². The van der Waals surface area contributed by atoms with Crippen LogP contribution in [-0.4, -0.2) is 44.1 Å². The third-order valence-electron chi connectivity index (χ3n) is 8.19. The van der Waals surface area contributed by atoms with E-state index in [0.717, 1.165) is 11.8 Å². The number of nitrogens with zero attached hydrogens (tertiary/aromatic N) is 4. The Hall–Kier alpha value is -3.56. The number of halogens is 3. The van der Waals surface area contributed by atoms with Gasteiger partial charge < -0.3 is 18.8 Å². The van der Waals surface area contributed by atoms with Crippen LogP contribution in [0.15, 0.2) is 47.7 Å². The summed E-state index contributed by atoms with van der Waals surface area (Å²) >= 11 is 0. The SMILES string of the molecule is Cc1cn(-c2ccc3n(c2=O)CC2N(C[C@]45C[C@]24COc2ccc(C(F)(F)F)cc25)C3=O)cn1. The Bertz CT molecular complexity index is 1470. The number of amides is 1. The van der Waals surface area contributed by atoms with Gasteiger partial charge in [-0.2, -0.15) is 13.2 Å². The molecule has 34 heavy (non-hydrogen) atoms. The molecule has 7 nitrogen and oxygen atoms in total. The molecule has 3 atom stereocenters. The number of hydrogen-bond acceptors (Lipinski definition) is 4. The number of rotatable bonds is 1. The van der Waals surface area contributed by atoms with Gasteiger partial charge in [-0.1, -0.05) is 0 Å². The quantitative estimate of drug-likeness (QED) is 0.551.